The van der Waals surface area contributed by atoms with Crippen LogP contribution < -0.4 is 10.6 Å². The van der Waals surface area contributed by atoms with Gasteiger partial charge in [-0.2, -0.15) is 0 Å². The Morgan fingerprint density at radius 2 is 1.89 bits per heavy atom. The smallest absolute Gasteiger partial charge is 0.261 e. The standard InChI is InChI=1S/C31H34N4O2S/c1-4-28(34-30(36)24-8-9-25-18-32-13-10-21(25)16-24)23-7-5-6-22(17-23)27-19-38-29(20(27)2)31(37)33-26-11-14-35(3)15-12-26/h5-10,13,16-19,26,28H,4,11-12,14-15H2,1-3H3,(H,33,37)(H,34,36). The molecule has 2 aromatic heterocycles. The maximum absolute atomic E-state index is 13.1. The number of hydrogen-bond donors (Lipinski definition) is 2. The Morgan fingerprint density at radius 1 is 1.08 bits per heavy atom. The number of benzene rings is 2. The van der Waals surface area contributed by atoms with Crippen LogP contribution in [0.4, 0.5) is 0 Å². The van der Waals surface area contributed by atoms with Crippen LogP contribution in [0.5, 0.6) is 0 Å². The zero-order valence-corrected chi connectivity index (χ0v) is 23.0. The molecule has 196 valence electrons. The molecule has 1 fully saturated rings. The number of nitrogens with zero attached hydrogens (tertiary/aromatic N) is 2. The van der Waals surface area contributed by atoms with Gasteiger partial charge in [0, 0.05) is 29.4 Å². The van der Waals surface area contributed by atoms with Gasteiger partial charge in [0.15, 0.2) is 0 Å². The Morgan fingerprint density at radius 3 is 2.68 bits per heavy atom. The average molecular weight is 527 g/mol. The molecule has 6 nitrogen and oxygen atoms in total. The number of piperidine rings is 1. The van der Waals surface area contributed by atoms with Crippen LogP contribution >= 0.6 is 11.3 Å². The van der Waals surface area contributed by atoms with Crippen LogP contribution in [-0.4, -0.2) is 47.9 Å². The summed E-state index contributed by atoms with van der Waals surface area (Å²) in [5.41, 5.74) is 4.80. The fraction of sp³-hybridized carbons (Fsp3) is 0.323. The number of amides is 2. The highest BCUT2D eigenvalue weighted by Gasteiger charge is 2.22. The van der Waals surface area contributed by atoms with E-state index in [1.807, 2.05) is 37.3 Å². The van der Waals surface area contributed by atoms with Crippen molar-refractivity contribution in [2.75, 3.05) is 20.1 Å². The lowest BCUT2D eigenvalue weighted by atomic mass is 9.97. The number of hydrogen-bond acceptors (Lipinski definition) is 5. The number of nitrogens with one attached hydrogen (secondary N) is 2. The summed E-state index contributed by atoms with van der Waals surface area (Å²) in [6, 6.07) is 16.0. The molecule has 5 rings (SSSR count). The molecule has 1 unspecified atom stereocenters. The molecule has 0 bridgehead atoms. The molecule has 4 aromatic rings. The van der Waals surface area contributed by atoms with Gasteiger partial charge in [-0.3, -0.25) is 14.6 Å². The largest absolute Gasteiger partial charge is 0.349 e. The van der Waals surface area contributed by atoms with Crippen LogP contribution in [0.25, 0.3) is 21.9 Å². The molecule has 3 heterocycles. The van der Waals surface area contributed by atoms with E-state index in [4.69, 9.17) is 0 Å². The number of pyridine rings is 1. The first kappa shape index (κ1) is 26.1. The highest BCUT2D eigenvalue weighted by molar-refractivity contribution is 7.12. The predicted octanol–water partition coefficient (Wildman–Crippen LogP) is 5.98. The van der Waals surface area contributed by atoms with Crippen LogP contribution in [0.3, 0.4) is 0 Å². The van der Waals surface area contributed by atoms with Crippen LogP contribution in [0, 0.1) is 6.92 Å². The van der Waals surface area contributed by atoms with Crippen LogP contribution in [0.15, 0.2) is 66.3 Å². The first-order valence-electron chi connectivity index (χ1n) is 13.3. The molecule has 2 N–H and O–H groups in total. The number of rotatable bonds is 7. The predicted molar refractivity (Wildman–Crippen MR) is 155 cm³/mol. The first-order chi connectivity index (χ1) is 18.4. The number of fused-ring (bicyclic) bond motifs is 1. The van der Waals surface area contributed by atoms with Crippen molar-refractivity contribution < 1.29 is 9.59 Å². The zero-order valence-electron chi connectivity index (χ0n) is 22.2. The summed E-state index contributed by atoms with van der Waals surface area (Å²) >= 11 is 1.50. The molecule has 2 aromatic carbocycles. The maximum atomic E-state index is 13.1. The molecule has 0 radical (unpaired) electrons. The van der Waals surface area contributed by atoms with Crippen molar-refractivity contribution in [2.24, 2.45) is 0 Å². The van der Waals surface area contributed by atoms with Gasteiger partial charge >= 0.3 is 0 Å². The average Bonchev–Trinajstić information content (AvgIpc) is 3.34. The third-order valence-electron chi connectivity index (χ3n) is 7.52. The van der Waals surface area contributed by atoms with E-state index in [-0.39, 0.29) is 23.9 Å². The van der Waals surface area contributed by atoms with Gasteiger partial charge in [-0.05, 0) is 104 Å². The SMILES string of the molecule is CCC(NC(=O)c1ccc2cnccc2c1)c1cccc(-c2csc(C(=O)NC3CCN(C)CC3)c2C)c1. The number of thiophene rings is 1. The van der Waals surface area contributed by atoms with Crippen molar-refractivity contribution in [3.05, 3.63) is 87.9 Å². The third kappa shape index (κ3) is 5.64. The Labute approximate surface area is 228 Å². The van der Waals surface area contributed by atoms with E-state index in [2.05, 4.69) is 58.1 Å². The van der Waals surface area contributed by atoms with Crippen molar-refractivity contribution in [1.82, 2.24) is 20.5 Å². The van der Waals surface area contributed by atoms with E-state index in [0.29, 0.717) is 5.56 Å². The van der Waals surface area contributed by atoms with E-state index < -0.39 is 0 Å². The Balaban J connectivity index is 1.31. The second kappa shape index (κ2) is 11.5. The highest BCUT2D eigenvalue weighted by atomic mass is 32.1. The second-order valence-electron chi connectivity index (χ2n) is 10.2. The monoisotopic (exact) mass is 526 g/mol. The van der Waals surface area contributed by atoms with Crippen LogP contribution in [0.2, 0.25) is 0 Å². The minimum atomic E-state index is -0.123. The normalized spacial score (nSPS) is 15.3. The molecule has 1 aliphatic rings. The van der Waals surface area contributed by atoms with Crippen LogP contribution in [-0.2, 0) is 0 Å². The molecule has 0 saturated carbocycles. The molecule has 7 heteroatoms. The van der Waals surface area contributed by atoms with Gasteiger partial charge < -0.3 is 15.5 Å². The maximum Gasteiger partial charge on any atom is 0.261 e. The summed E-state index contributed by atoms with van der Waals surface area (Å²) in [6.07, 6.45) is 6.28. The Kier molecular flexibility index (Phi) is 7.86. The zero-order chi connectivity index (χ0) is 26.6. The fourth-order valence-electron chi connectivity index (χ4n) is 5.14. The van der Waals surface area contributed by atoms with Gasteiger partial charge in [0.25, 0.3) is 11.8 Å². The van der Waals surface area contributed by atoms with E-state index in [1.165, 1.54) is 11.3 Å². The molecule has 1 saturated heterocycles. The lowest BCUT2D eigenvalue weighted by molar-refractivity contribution is 0.0916. The van der Waals surface area contributed by atoms with Crippen molar-refractivity contribution >= 4 is 33.9 Å². The van der Waals surface area contributed by atoms with Gasteiger partial charge in [-0.25, -0.2) is 0 Å². The molecule has 0 aliphatic carbocycles. The molecule has 2 amide bonds. The summed E-state index contributed by atoms with van der Waals surface area (Å²) in [5.74, 6) is -0.0742. The van der Waals surface area contributed by atoms with E-state index in [1.54, 1.807) is 12.4 Å². The minimum absolute atomic E-state index is 0.0225. The summed E-state index contributed by atoms with van der Waals surface area (Å²) in [5, 5.41) is 10.5. The van der Waals surface area contributed by atoms with Gasteiger partial charge in [0.1, 0.15) is 0 Å². The molecule has 1 aliphatic heterocycles. The summed E-state index contributed by atoms with van der Waals surface area (Å²) in [4.78, 5) is 33.4. The van der Waals surface area contributed by atoms with Crippen molar-refractivity contribution in [3.8, 4) is 11.1 Å². The fourth-order valence-corrected chi connectivity index (χ4v) is 6.14. The highest BCUT2D eigenvalue weighted by Crippen LogP contribution is 2.33. The van der Waals surface area contributed by atoms with Gasteiger partial charge in [-0.15, -0.1) is 11.3 Å². The molecular weight excluding hydrogens is 492 g/mol. The van der Waals surface area contributed by atoms with Gasteiger partial charge in [0.05, 0.1) is 10.9 Å². The number of carbonyl (C=O) groups is 2. The first-order valence-corrected chi connectivity index (χ1v) is 14.1. The Bertz CT molecular complexity index is 1460. The topological polar surface area (TPSA) is 74.3 Å². The molecule has 1 atom stereocenters. The van der Waals surface area contributed by atoms with E-state index >= 15 is 0 Å². The summed E-state index contributed by atoms with van der Waals surface area (Å²) in [6.45, 7) is 6.13. The van der Waals surface area contributed by atoms with Gasteiger partial charge in [0.2, 0.25) is 0 Å². The van der Waals surface area contributed by atoms with Crippen molar-refractivity contribution in [3.63, 3.8) is 0 Å². The van der Waals surface area contributed by atoms with Crippen LogP contribution in [0.1, 0.15) is 63.4 Å². The second-order valence-corrected chi connectivity index (χ2v) is 11.0. The third-order valence-corrected chi connectivity index (χ3v) is 8.60. The van der Waals surface area contributed by atoms with Crippen molar-refractivity contribution in [1.29, 1.82) is 0 Å². The summed E-state index contributed by atoms with van der Waals surface area (Å²) < 4.78 is 0. The number of aromatic nitrogens is 1. The number of likely N-dealkylation sites (tertiary alicyclic amines) is 1. The Hall–Kier alpha value is -3.55. The quantitative estimate of drug-likeness (QED) is 0.311. The van der Waals surface area contributed by atoms with E-state index in [9.17, 15) is 9.59 Å². The molecular formula is C31H34N4O2S. The van der Waals surface area contributed by atoms with E-state index in [0.717, 1.165) is 70.3 Å². The number of carbonyl (C=O) groups excluding carboxylic acids is 2. The van der Waals surface area contributed by atoms with Crippen molar-refractivity contribution in [2.45, 2.75) is 45.2 Å². The lowest BCUT2D eigenvalue weighted by Gasteiger charge is -2.29. The minimum Gasteiger partial charge on any atom is -0.349 e. The summed E-state index contributed by atoms with van der Waals surface area (Å²) in [7, 11) is 2.12. The molecule has 0 spiro atoms. The lowest BCUT2D eigenvalue weighted by Crippen LogP contribution is -2.43. The van der Waals surface area contributed by atoms with Gasteiger partial charge in [-0.1, -0.05) is 31.2 Å². The molecule has 38 heavy (non-hydrogen) atoms.